The van der Waals surface area contributed by atoms with Crippen LogP contribution in [-0.4, -0.2) is 16.0 Å². The van der Waals surface area contributed by atoms with Crippen LogP contribution in [0.2, 0.25) is 0 Å². The Labute approximate surface area is 139 Å². The number of nitrogens with one attached hydrogen (secondary N) is 2. The van der Waals surface area contributed by atoms with Gasteiger partial charge in [-0.2, -0.15) is 4.98 Å². The quantitative estimate of drug-likeness (QED) is 0.812. The minimum Gasteiger partial charge on any atom is -0.352 e. The van der Waals surface area contributed by atoms with Gasteiger partial charge >= 0.3 is 0 Å². The first-order valence-electron chi connectivity index (χ1n) is 8.28. The van der Waals surface area contributed by atoms with Gasteiger partial charge in [-0.3, -0.25) is 0 Å². The molecule has 23 heavy (non-hydrogen) atoms. The first-order valence-corrected chi connectivity index (χ1v) is 8.28. The molecule has 2 aromatic rings. The number of anilines is 3. The van der Waals surface area contributed by atoms with Crippen LogP contribution >= 0.6 is 0 Å². The molecule has 0 aliphatic rings. The molecule has 1 unspecified atom stereocenters. The maximum Gasteiger partial charge on any atom is 0.225 e. The summed E-state index contributed by atoms with van der Waals surface area (Å²) in [6.45, 7) is 12.9. The van der Waals surface area contributed by atoms with Gasteiger partial charge in [-0.25, -0.2) is 4.98 Å². The van der Waals surface area contributed by atoms with Gasteiger partial charge in [0, 0.05) is 23.5 Å². The molecule has 0 fully saturated rings. The van der Waals surface area contributed by atoms with Gasteiger partial charge < -0.3 is 10.6 Å². The number of hydrogen-bond donors (Lipinski definition) is 2. The molecule has 0 spiro atoms. The SMILES string of the molecule is CCC(C)Nc1nc(C)cc(Nc2ccccc2C(C)(C)C)n1. The molecule has 1 heterocycles. The van der Waals surface area contributed by atoms with Gasteiger partial charge in [-0.15, -0.1) is 0 Å². The Kier molecular flexibility index (Phi) is 5.24. The van der Waals surface area contributed by atoms with Crippen LogP contribution in [0.1, 0.15) is 52.3 Å². The molecule has 0 saturated carbocycles. The molecule has 0 radical (unpaired) electrons. The minimum absolute atomic E-state index is 0.0729. The summed E-state index contributed by atoms with van der Waals surface area (Å²) in [5.41, 5.74) is 3.38. The molecule has 124 valence electrons. The standard InChI is InChI=1S/C19H28N4/c1-7-13(2)20-18-21-14(3)12-17(23-18)22-16-11-9-8-10-15(16)19(4,5)6/h8-13H,7H2,1-6H3,(H2,20,21,22,23). The monoisotopic (exact) mass is 312 g/mol. The lowest BCUT2D eigenvalue weighted by atomic mass is 9.86. The number of benzene rings is 1. The lowest BCUT2D eigenvalue weighted by Gasteiger charge is -2.23. The number of aryl methyl sites for hydroxylation is 1. The highest BCUT2D eigenvalue weighted by Gasteiger charge is 2.18. The molecular weight excluding hydrogens is 284 g/mol. The van der Waals surface area contributed by atoms with Crippen LogP contribution < -0.4 is 10.6 Å². The van der Waals surface area contributed by atoms with Gasteiger partial charge in [0.1, 0.15) is 5.82 Å². The van der Waals surface area contributed by atoms with E-state index in [0.717, 1.165) is 23.6 Å². The van der Waals surface area contributed by atoms with Gasteiger partial charge in [0.15, 0.2) is 0 Å². The van der Waals surface area contributed by atoms with E-state index in [1.54, 1.807) is 0 Å². The van der Waals surface area contributed by atoms with Crippen LogP contribution in [-0.2, 0) is 5.41 Å². The van der Waals surface area contributed by atoms with Gasteiger partial charge in [-0.05, 0) is 37.3 Å². The topological polar surface area (TPSA) is 49.8 Å². The highest BCUT2D eigenvalue weighted by atomic mass is 15.2. The second-order valence-corrected chi connectivity index (χ2v) is 7.09. The fraction of sp³-hybridized carbons (Fsp3) is 0.474. The van der Waals surface area contributed by atoms with Crippen LogP contribution in [0, 0.1) is 6.92 Å². The second-order valence-electron chi connectivity index (χ2n) is 7.09. The summed E-state index contributed by atoms with van der Waals surface area (Å²) < 4.78 is 0. The third-order valence-electron chi connectivity index (χ3n) is 3.84. The van der Waals surface area contributed by atoms with Crippen LogP contribution in [0.25, 0.3) is 0 Å². The van der Waals surface area contributed by atoms with Crippen molar-refractivity contribution < 1.29 is 0 Å². The average molecular weight is 312 g/mol. The van der Waals surface area contributed by atoms with Crippen molar-refractivity contribution in [2.75, 3.05) is 10.6 Å². The maximum absolute atomic E-state index is 4.61. The highest BCUT2D eigenvalue weighted by molar-refractivity contribution is 5.63. The molecule has 1 atom stereocenters. The molecule has 0 aliphatic heterocycles. The summed E-state index contributed by atoms with van der Waals surface area (Å²) in [5, 5.41) is 6.80. The van der Waals surface area contributed by atoms with Crippen LogP contribution in [0.3, 0.4) is 0 Å². The van der Waals surface area contributed by atoms with E-state index < -0.39 is 0 Å². The predicted octanol–water partition coefficient (Wildman–Crippen LogP) is 5.04. The highest BCUT2D eigenvalue weighted by Crippen LogP contribution is 2.31. The molecule has 2 rings (SSSR count). The van der Waals surface area contributed by atoms with Crippen molar-refractivity contribution in [3.8, 4) is 0 Å². The smallest absolute Gasteiger partial charge is 0.225 e. The Morgan fingerprint density at radius 3 is 2.48 bits per heavy atom. The van der Waals surface area contributed by atoms with E-state index in [1.807, 2.05) is 19.1 Å². The summed E-state index contributed by atoms with van der Waals surface area (Å²) in [7, 11) is 0. The Morgan fingerprint density at radius 2 is 1.83 bits per heavy atom. The van der Waals surface area contributed by atoms with Crippen molar-refractivity contribution in [2.45, 2.75) is 59.4 Å². The summed E-state index contributed by atoms with van der Waals surface area (Å²) >= 11 is 0. The fourth-order valence-electron chi connectivity index (χ4n) is 2.40. The van der Waals surface area contributed by atoms with Crippen LogP contribution in [0.15, 0.2) is 30.3 Å². The predicted molar refractivity (Wildman–Crippen MR) is 98.6 cm³/mol. The summed E-state index contributed by atoms with van der Waals surface area (Å²) in [4.78, 5) is 9.08. The van der Waals surface area contributed by atoms with Gasteiger partial charge in [0.05, 0.1) is 0 Å². The molecule has 2 N–H and O–H groups in total. The van der Waals surface area contributed by atoms with E-state index >= 15 is 0 Å². The average Bonchev–Trinajstić information content (AvgIpc) is 2.46. The number of aromatic nitrogens is 2. The van der Waals surface area contributed by atoms with E-state index in [4.69, 9.17) is 0 Å². The van der Waals surface area contributed by atoms with E-state index in [0.29, 0.717) is 12.0 Å². The summed E-state index contributed by atoms with van der Waals surface area (Å²) in [5.74, 6) is 1.50. The molecule has 1 aromatic heterocycles. The molecule has 0 amide bonds. The van der Waals surface area contributed by atoms with Crippen LogP contribution in [0.4, 0.5) is 17.5 Å². The normalized spacial score (nSPS) is 12.8. The van der Waals surface area contributed by atoms with Crippen molar-refractivity contribution in [3.05, 3.63) is 41.6 Å². The van der Waals surface area contributed by atoms with E-state index in [9.17, 15) is 0 Å². The number of hydrogen-bond acceptors (Lipinski definition) is 4. The second kappa shape index (κ2) is 6.99. The Morgan fingerprint density at radius 1 is 1.13 bits per heavy atom. The van der Waals surface area contributed by atoms with E-state index in [2.05, 4.69) is 73.4 Å². The Balaban J connectivity index is 2.31. The molecule has 0 saturated heterocycles. The van der Waals surface area contributed by atoms with Crippen molar-refractivity contribution in [2.24, 2.45) is 0 Å². The third-order valence-corrected chi connectivity index (χ3v) is 3.84. The molecular formula is C19H28N4. The zero-order valence-electron chi connectivity index (χ0n) is 15.1. The molecule has 1 aromatic carbocycles. The lowest BCUT2D eigenvalue weighted by molar-refractivity contribution is 0.592. The summed E-state index contributed by atoms with van der Waals surface area (Å²) in [6, 6.07) is 10.7. The summed E-state index contributed by atoms with van der Waals surface area (Å²) in [6.07, 6.45) is 1.03. The van der Waals surface area contributed by atoms with E-state index in [1.165, 1.54) is 5.56 Å². The van der Waals surface area contributed by atoms with Gasteiger partial charge in [-0.1, -0.05) is 45.9 Å². The van der Waals surface area contributed by atoms with E-state index in [-0.39, 0.29) is 5.41 Å². The fourth-order valence-corrected chi connectivity index (χ4v) is 2.40. The lowest BCUT2D eigenvalue weighted by Crippen LogP contribution is -2.17. The number of nitrogens with zero attached hydrogens (tertiary/aromatic N) is 2. The van der Waals surface area contributed by atoms with Crippen molar-refractivity contribution in [3.63, 3.8) is 0 Å². The zero-order chi connectivity index (χ0) is 17.0. The minimum atomic E-state index is 0.0729. The van der Waals surface area contributed by atoms with Crippen molar-refractivity contribution >= 4 is 17.5 Å². The van der Waals surface area contributed by atoms with Gasteiger partial charge in [0.2, 0.25) is 5.95 Å². The molecule has 0 bridgehead atoms. The Hall–Kier alpha value is -2.10. The first-order chi connectivity index (χ1) is 10.8. The number of rotatable bonds is 5. The largest absolute Gasteiger partial charge is 0.352 e. The van der Waals surface area contributed by atoms with Gasteiger partial charge in [0.25, 0.3) is 0 Å². The zero-order valence-corrected chi connectivity index (χ0v) is 15.1. The first kappa shape index (κ1) is 17.3. The molecule has 4 nitrogen and oxygen atoms in total. The third kappa shape index (κ3) is 4.68. The number of para-hydroxylation sites is 1. The van der Waals surface area contributed by atoms with Crippen molar-refractivity contribution in [1.29, 1.82) is 0 Å². The molecule has 0 aliphatic carbocycles. The maximum atomic E-state index is 4.61. The molecule has 4 heteroatoms. The van der Waals surface area contributed by atoms with Crippen LogP contribution in [0.5, 0.6) is 0 Å². The Bertz CT molecular complexity index is 659. The van der Waals surface area contributed by atoms with Crippen molar-refractivity contribution in [1.82, 2.24) is 9.97 Å².